The molecule has 1 aliphatic heterocycles. The first-order valence-corrected chi connectivity index (χ1v) is 9.90. The summed E-state index contributed by atoms with van der Waals surface area (Å²) in [6, 6.07) is 11.0. The molecule has 0 unspecified atom stereocenters. The lowest BCUT2D eigenvalue weighted by Crippen LogP contribution is -2.31. The van der Waals surface area contributed by atoms with Crippen molar-refractivity contribution in [3.05, 3.63) is 70.7 Å². The van der Waals surface area contributed by atoms with E-state index in [4.69, 9.17) is 9.47 Å². The molecule has 8 nitrogen and oxygen atoms in total. The lowest BCUT2D eigenvalue weighted by molar-refractivity contribution is -0.113. The van der Waals surface area contributed by atoms with Gasteiger partial charge in [-0.3, -0.25) is 4.79 Å². The topological polar surface area (TPSA) is 90.3 Å². The monoisotopic (exact) mass is 419 g/mol. The molecule has 0 spiro atoms. The number of methoxy groups -OCH3 is 2. The molecule has 160 valence electrons. The van der Waals surface area contributed by atoms with Crippen molar-refractivity contribution in [1.82, 2.24) is 14.8 Å². The molecule has 0 bridgehead atoms. The number of carbonyl (C=O) groups excluding carboxylic acids is 1. The summed E-state index contributed by atoms with van der Waals surface area (Å²) >= 11 is 0. The molecule has 0 saturated heterocycles. The average molecular weight is 419 g/mol. The molecule has 3 aromatic rings. The van der Waals surface area contributed by atoms with Gasteiger partial charge in [0.15, 0.2) is 11.5 Å². The largest absolute Gasteiger partial charge is 0.493 e. The average Bonchev–Trinajstić information content (AvgIpc) is 3.22. The molecule has 0 saturated carbocycles. The first-order valence-electron chi connectivity index (χ1n) is 9.90. The summed E-state index contributed by atoms with van der Waals surface area (Å²) in [5.41, 5.74) is 5.00. The van der Waals surface area contributed by atoms with Gasteiger partial charge in [0.2, 0.25) is 5.95 Å². The van der Waals surface area contributed by atoms with Crippen LogP contribution in [0.2, 0.25) is 0 Å². The Balaban J connectivity index is 1.78. The number of nitrogens with zero attached hydrogens (tertiary/aromatic N) is 3. The molecule has 1 amide bonds. The Morgan fingerprint density at radius 2 is 1.84 bits per heavy atom. The van der Waals surface area contributed by atoms with E-state index in [-0.39, 0.29) is 5.91 Å². The highest BCUT2D eigenvalue weighted by molar-refractivity contribution is 6.06. The first-order chi connectivity index (χ1) is 14.9. The van der Waals surface area contributed by atoms with E-state index in [1.807, 2.05) is 57.2 Å². The summed E-state index contributed by atoms with van der Waals surface area (Å²) in [6.45, 7) is 5.86. The maximum Gasteiger partial charge on any atom is 0.255 e. The number of anilines is 2. The van der Waals surface area contributed by atoms with Crippen molar-refractivity contribution in [3.8, 4) is 11.5 Å². The quantitative estimate of drug-likeness (QED) is 0.653. The van der Waals surface area contributed by atoms with Crippen molar-refractivity contribution in [2.24, 2.45) is 0 Å². The van der Waals surface area contributed by atoms with E-state index in [9.17, 15) is 4.79 Å². The zero-order valence-corrected chi connectivity index (χ0v) is 18.2. The van der Waals surface area contributed by atoms with Gasteiger partial charge in [0.05, 0.1) is 19.8 Å². The van der Waals surface area contributed by atoms with Crippen LogP contribution in [0.15, 0.2) is 54.0 Å². The van der Waals surface area contributed by atoms with Crippen LogP contribution in [0.4, 0.5) is 11.6 Å². The number of rotatable bonds is 5. The molecule has 2 N–H and O–H groups in total. The van der Waals surface area contributed by atoms with Gasteiger partial charge in [-0.2, -0.15) is 10.1 Å². The van der Waals surface area contributed by atoms with Crippen LogP contribution >= 0.6 is 0 Å². The molecule has 0 aliphatic carbocycles. The Morgan fingerprint density at radius 1 is 1.06 bits per heavy atom. The van der Waals surface area contributed by atoms with Gasteiger partial charge < -0.3 is 20.1 Å². The van der Waals surface area contributed by atoms with Gasteiger partial charge in [0, 0.05) is 11.4 Å². The number of carbonyl (C=O) groups is 1. The summed E-state index contributed by atoms with van der Waals surface area (Å²) in [5, 5.41) is 10.6. The Bertz CT molecular complexity index is 1180. The van der Waals surface area contributed by atoms with Crippen molar-refractivity contribution >= 4 is 17.5 Å². The molecular formula is C23H25N5O3. The molecule has 0 fully saturated rings. The molecule has 1 aromatic heterocycles. The third-order valence-corrected chi connectivity index (χ3v) is 5.39. The van der Waals surface area contributed by atoms with Crippen LogP contribution < -0.4 is 20.1 Å². The third kappa shape index (κ3) is 3.72. The molecule has 31 heavy (non-hydrogen) atoms. The summed E-state index contributed by atoms with van der Waals surface area (Å²) < 4.78 is 12.5. The van der Waals surface area contributed by atoms with Crippen LogP contribution in [0, 0.1) is 13.8 Å². The van der Waals surface area contributed by atoms with E-state index < -0.39 is 6.04 Å². The Hall–Kier alpha value is -3.81. The molecule has 4 rings (SSSR count). The van der Waals surface area contributed by atoms with E-state index in [0.29, 0.717) is 28.7 Å². The van der Waals surface area contributed by atoms with Gasteiger partial charge in [-0.1, -0.05) is 23.8 Å². The van der Waals surface area contributed by atoms with Gasteiger partial charge in [-0.05, 0) is 50.1 Å². The van der Waals surface area contributed by atoms with Crippen molar-refractivity contribution in [2.45, 2.75) is 26.8 Å². The van der Waals surface area contributed by atoms with E-state index in [0.717, 1.165) is 22.4 Å². The third-order valence-electron chi connectivity index (χ3n) is 5.39. The fraction of sp³-hybridized carbons (Fsp3) is 0.261. The Labute approximate surface area is 180 Å². The van der Waals surface area contributed by atoms with Crippen molar-refractivity contribution in [1.29, 1.82) is 0 Å². The highest BCUT2D eigenvalue weighted by atomic mass is 16.5. The lowest BCUT2D eigenvalue weighted by atomic mass is 9.94. The summed E-state index contributed by atoms with van der Waals surface area (Å²) in [7, 11) is 3.17. The van der Waals surface area contributed by atoms with Crippen molar-refractivity contribution < 1.29 is 14.3 Å². The molecule has 2 aromatic carbocycles. The van der Waals surface area contributed by atoms with Gasteiger partial charge in [-0.25, -0.2) is 4.68 Å². The number of fused-ring (bicyclic) bond motifs is 1. The van der Waals surface area contributed by atoms with Gasteiger partial charge in [0.1, 0.15) is 12.4 Å². The fourth-order valence-corrected chi connectivity index (χ4v) is 3.86. The second kappa shape index (κ2) is 8.14. The van der Waals surface area contributed by atoms with Crippen molar-refractivity contribution in [3.63, 3.8) is 0 Å². The van der Waals surface area contributed by atoms with Crippen LogP contribution in [0.1, 0.15) is 29.7 Å². The minimum atomic E-state index is -0.482. The zero-order valence-electron chi connectivity index (χ0n) is 18.2. The van der Waals surface area contributed by atoms with Crippen LogP contribution in [0.3, 0.4) is 0 Å². The SMILES string of the molecule is COc1ccc([C@@H]2C(C(=O)Nc3ccc(C)cc3C)=C(C)Nc3ncnn32)cc1OC. The number of hydrogen-bond acceptors (Lipinski definition) is 6. The Kier molecular flexibility index (Phi) is 5.37. The fourth-order valence-electron chi connectivity index (χ4n) is 3.86. The lowest BCUT2D eigenvalue weighted by Gasteiger charge is -2.29. The number of aromatic nitrogens is 3. The van der Waals surface area contributed by atoms with Crippen LogP contribution in [0.25, 0.3) is 0 Å². The van der Waals surface area contributed by atoms with E-state index in [1.165, 1.54) is 6.33 Å². The van der Waals surface area contributed by atoms with Crippen LogP contribution in [0.5, 0.6) is 11.5 Å². The summed E-state index contributed by atoms with van der Waals surface area (Å²) in [6.07, 6.45) is 1.47. The molecule has 1 atom stereocenters. The minimum Gasteiger partial charge on any atom is -0.493 e. The highest BCUT2D eigenvalue weighted by Crippen LogP contribution is 2.38. The number of allylic oxidation sites excluding steroid dienone is 1. The van der Waals surface area contributed by atoms with Crippen LogP contribution in [-0.2, 0) is 4.79 Å². The summed E-state index contributed by atoms with van der Waals surface area (Å²) in [5.74, 6) is 1.55. The second-order valence-electron chi connectivity index (χ2n) is 7.48. The smallest absolute Gasteiger partial charge is 0.255 e. The summed E-state index contributed by atoms with van der Waals surface area (Å²) in [4.78, 5) is 17.8. The second-order valence-corrected chi connectivity index (χ2v) is 7.48. The molecule has 8 heteroatoms. The van der Waals surface area contributed by atoms with E-state index in [2.05, 4.69) is 20.7 Å². The number of benzene rings is 2. The standard InChI is InChI=1S/C23H25N5O3/c1-13-6-8-17(14(2)10-13)27-22(29)20-15(3)26-23-24-12-25-28(23)21(20)16-7-9-18(30-4)19(11-16)31-5/h6-12,21H,1-5H3,(H,27,29)(H,24,25,26)/t21-/m1/s1. The number of amides is 1. The first kappa shape index (κ1) is 20.5. The zero-order chi connectivity index (χ0) is 22.1. The molecule has 2 heterocycles. The Morgan fingerprint density at radius 3 is 2.55 bits per heavy atom. The van der Waals surface area contributed by atoms with Crippen molar-refractivity contribution in [2.75, 3.05) is 24.9 Å². The number of nitrogens with one attached hydrogen (secondary N) is 2. The number of ether oxygens (including phenoxy) is 2. The molecule has 1 aliphatic rings. The maximum atomic E-state index is 13.5. The maximum absolute atomic E-state index is 13.5. The normalized spacial score (nSPS) is 15.2. The van der Waals surface area contributed by atoms with E-state index >= 15 is 0 Å². The van der Waals surface area contributed by atoms with Gasteiger partial charge >= 0.3 is 0 Å². The predicted octanol–water partition coefficient (Wildman–Crippen LogP) is 3.84. The minimum absolute atomic E-state index is 0.210. The predicted molar refractivity (Wildman–Crippen MR) is 119 cm³/mol. The van der Waals surface area contributed by atoms with Gasteiger partial charge in [-0.15, -0.1) is 0 Å². The van der Waals surface area contributed by atoms with Crippen LogP contribution in [-0.4, -0.2) is 34.9 Å². The molecular weight excluding hydrogens is 394 g/mol. The van der Waals surface area contributed by atoms with Gasteiger partial charge in [0.25, 0.3) is 5.91 Å². The molecule has 0 radical (unpaired) electrons. The number of aryl methyl sites for hydroxylation is 2. The number of hydrogen-bond donors (Lipinski definition) is 2. The van der Waals surface area contributed by atoms with E-state index in [1.54, 1.807) is 18.9 Å². The highest BCUT2D eigenvalue weighted by Gasteiger charge is 2.34.